The molecule has 0 saturated heterocycles. The molecule has 8 heteroatoms. The van der Waals surface area contributed by atoms with Gasteiger partial charge in [-0.25, -0.2) is 8.42 Å². The van der Waals surface area contributed by atoms with E-state index < -0.39 is 15.9 Å². The molecule has 0 atom stereocenters. The molecule has 7 nitrogen and oxygen atoms in total. The van der Waals surface area contributed by atoms with Crippen molar-refractivity contribution in [3.63, 3.8) is 0 Å². The minimum absolute atomic E-state index is 0.0906. The van der Waals surface area contributed by atoms with Crippen LogP contribution in [0, 0.1) is 6.92 Å². The number of amides is 1. The second kappa shape index (κ2) is 11.6. The van der Waals surface area contributed by atoms with Crippen LogP contribution in [0.25, 0.3) is 0 Å². The van der Waals surface area contributed by atoms with Crippen molar-refractivity contribution in [1.82, 2.24) is 5.32 Å². The van der Waals surface area contributed by atoms with Crippen LogP contribution in [-0.2, 0) is 21.2 Å². The molecule has 180 valence electrons. The fraction of sp³-hybridized carbons (Fsp3) is 0.269. The molecule has 3 aromatic rings. The van der Waals surface area contributed by atoms with Gasteiger partial charge in [-0.3, -0.25) is 9.10 Å². The zero-order valence-corrected chi connectivity index (χ0v) is 20.5. The molecule has 0 spiro atoms. The monoisotopic (exact) mass is 482 g/mol. The number of carbonyl (C=O) groups excluding carboxylic acids is 1. The Bertz CT molecular complexity index is 1200. The number of hydrogen-bond donors (Lipinski definition) is 1. The van der Waals surface area contributed by atoms with Crippen LogP contribution in [0.5, 0.6) is 11.5 Å². The first kappa shape index (κ1) is 25.1. The van der Waals surface area contributed by atoms with E-state index in [0.29, 0.717) is 12.3 Å². The number of rotatable bonds is 11. The molecule has 0 aliphatic carbocycles. The van der Waals surface area contributed by atoms with Crippen molar-refractivity contribution >= 4 is 21.6 Å². The predicted molar refractivity (Wildman–Crippen MR) is 133 cm³/mol. The first-order valence-electron chi connectivity index (χ1n) is 11.0. The Kier molecular flexibility index (Phi) is 8.54. The molecule has 0 bridgehead atoms. The fourth-order valence-electron chi connectivity index (χ4n) is 3.48. The lowest BCUT2D eigenvalue weighted by atomic mass is 10.1. The highest BCUT2D eigenvalue weighted by Crippen LogP contribution is 2.35. The Morgan fingerprint density at radius 1 is 0.941 bits per heavy atom. The van der Waals surface area contributed by atoms with Crippen LogP contribution in [0.2, 0.25) is 0 Å². The van der Waals surface area contributed by atoms with Crippen molar-refractivity contribution in [2.24, 2.45) is 0 Å². The molecular weight excluding hydrogens is 452 g/mol. The Morgan fingerprint density at radius 2 is 1.65 bits per heavy atom. The van der Waals surface area contributed by atoms with E-state index in [2.05, 4.69) is 5.32 Å². The molecule has 3 aromatic carbocycles. The van der Waals surface area contributed by atoms with Gasteiger partial charge in [0.05, 0.1) is 24.8 Å². The number of methoxy groups -OCH3 is 2. The highest BCUT2D eigenvalue weighted by molar-refractivity contribution is 7.92. The number of carbonyl (C=O) groups is 1. The molecule has 0 unspecified atom stereocenters. The molecule has 3 rings (SSSR count). The zero-order valence-electron chi connectivity index (χ0n) is 19.7. The maximum atomic E-state index is 13.6. The molecule has 0 fully saturated rings. The van der Waals surface area contributed by atoms with Crippen LogP contribution < -0.4 is 19.1 Å². The van der Waals surface area contributed by atoms with Gasteiger partial charge in [-0.05, 0) is 49.6 Å². The number of nitrogens with one attached hydrogen (secondary N) is 1. The highest BCUT2D eigenvalue weighted by atomic mass is 32.2. The van der Waals surface area contributed by atoms with Crippen LogP contribution in [0.4, 0.5) is 5.69 Å². The fourth-order valence-corrected chi connectivity index (χ4v) is 4.91. The first-order chi connectivity index (χ1) is 16.3. The number of aryl methyl sites for hydroxylation is 2. The van der Waals surface area contributed by atoms with Crippen LogP contribution in [-0.4, -0.2) is 41.6 Å². The van der Waals surface area contributed by atoms with Crippen molar-refractivity contribution < 1.29 is 22.7 Å². The molecule has 1 amide bonds. The molecule has 0 aliphatic heterocycles. The normalized spacial score (nSPS) is 11.0. The topological polar surface area (TPSA) is 84.9 Å². The average molecular weight is 483 g/mol. The van der Waals surface area contributed by atoms with E-state index in [9.17, 15) is 13.2 Å². The highest BCUT2D eigenvalue weighted by Gasteiger charge is 2.29. The maximum Gasteiger partial charge on any atom is 0.264 e. The van der Waals surface area contributed by atoms with Gasteiger partial charge in [-0.2, -0.15) is 0 Å². The minimum atomic E-state index is -4.04. The van der Waals surface area contributed by atoms with E-state index in [4.69, 9.17) is 9.47 Å². The van der Waals surface area contributed by atoms with Gasteiger partial charge < -0.3 is 14.8 Å². The third kappa shape index (κ3) is 6.29. The lowest BCUT2D eigenvalue weighted by molar-refractivity contribution is -0.119. The average Bonchev–Trinajstić information content (AvgIpc) is 2.85. The van der Waals surface area contributed by atoms with Crippen LogP contribution in [0.3, 0.4) is 0 Å². The maximum absolute atomic E-state index is 13.6. The molecular formula is C26H30N2O5S. The second-order valence-electron chi connectivity index (χ2n) is 7.80. The smallest absolute Gasteiger partial charge is 0.264 e. The number of nitrogens with zero attached hydrogens (tertiary/aromatic N) is 1. The van der Waals surface area contributed by atoms with Gasteiger partial charge in [0, 0.05) is 12.6 Å². The number of sulfonamides is 1. The number of ether oxygens (including phenoxy) is 2. The van der Waals surface area contributed by atoms with Gasteiger partial charge in [-0.1, -0.05) is 48.0 Å². The predicted octanol–water partition coefficient (Wildman–Crippen LogP) is 3.96. The Hall–Kier alpha value is -3.52. The van der Waals surface area contributed by atoms with Gasteiger partial charge in [0.1, 0.15) is 18.0 Å². The summed E-state index contributed by atoms with van der Waals surface area (Å²) in [5.74, 6) is 0.396. The zero-order chi connectivity index (χ0) is 24.6. The van der Waals surface area contributed by atoms with Gasteiger partial charge in [0.15, 0.2) is 0 Å². The van der Waals surface area contributed by atoms with Crippen molar-refractivity contribution in [1.29, 1.82) is 0 Å². The summed E-state index contributed by atoms with van der Waals surface area (Å²) in [7, 11) is -1.08. The SMILES string of the molecule is COc1ccc(N(CC(=O)NCCCc2ccccc2)S(=O)(=O)c2ccc(C)cc2)c(OC)c1. The second-order valence-corrected chi connectivity index (χ2v) is 9.66. The Balaban J connectivity index is 1.82. The standard InChI is InChI=1S/C26H30N2O5S/c1-20-11-14-23(15-12-20)34(30,31)28(24-16-13-22(32-2)18-25(24)33-3)19-26(29)27-17-7-10-21-8-5-4-6-9-21/h4-6,8-9,11-16,18H,7,10,17,19H2,1-3H3,(H,27,29). The summed E-state index contributed by atoms with van der Waals surface area (Å²) in [6, 6.07) is 21.3. The number of hydrogen-bond acceptors (Lipinski definition) is 5. The van der Waals surface area contributed by atoms with E-state index in [1.165, 1.54) is 31.9 Å². The van der Waals surface area contributed by atoms with E-state index in [-0.39, 0.29) is 22.9 Å². The summed E-state index contributed by atoms with van der Waals surface area (Å²) in [4.78, 5) is 12.9. The van der Waals surface area contributed by atoms with Crippen molar-refractivity contribution in [2.45, 2.75) is 24.7 Å². The molecule has 1 N–H and O–H groups in total. The van der Waals surface area contributed by atoms with Gasteiger partial charge >= 0.3 is 0 Å². The number of anilines is 1. The van der Waals surface area contributed by atoms with Crippen LogP contribution in [0.15, 0.2) is 77.7 Å². The lowest BCUT2D eigenvalue weighted by Gasteiger charge is -2.26. The molecule has 0 aromatic heterocycles. The molecule has 0 saturated carbocycles. The molecule has 34 heavy (non-hydrogen) atoms. The lowest BCUT2D eigenvalue weighted by Crippen LogP contribution is -2.41. The minimum Gasteiger partial charge on any atom is -0.497 e. The molecule has 0 radical (unpaired) electrons. The summed E-state index contributed by atoms with van der Waals surface area (Å²) >= 11 is 0. The number of benzene rings is 3. The summed E-state index contributed by atoms with van der Waals surface area (Å²) in [5, 5.41) is 2.84. The van der Waals surface area contributed by atoms with Gasteiger partial charge in [0.25, 0.3) is 10.0 Å². The van der Waals surface area contributed by atoms with E-state index >= 15 is 0 Å². The summed E-state index contributed by atoms with van der Waals surface area (Å²) in [5.41, 5.74) is 2.37. The van der Waals surface area contributed by atoms with E-state index in [1.807, 2.05) is 37.3 Å². The third-order valence-corrected chi connectivity index (χ3v) is 7.13. The molecule has 0 heterocycles. The van der Waals surface area contributed by atoms with Gasteiger partial charge in [0.2, 0.25) is 5.91 Å². The largest absolute Gasteiger partial charge is 0.497 e. The summed E-state index contributed by atoms with van der Waals surface area (Å²) < 4.78 is 38.9. The first-order valence-corrected chi connectivity index (χ1v) is 12.4. The summed E-state index contributed by atoms with van der Waals surface area (Å²) in [6.07, 6.45) is 1.56. The van der Waals surface area contributed by atoms with E-state index in [0.717, 1.165) is 22.7 Å². The third-order valence-electron chi connectivity index (χ3n) is 5.36. The Morgan fingerprint density at radius 3 is 2.29 bits per heavy atom. The molecule has 0 aliphatic rings. The van der Waals surface area contributed by atoms with Gasteiger partial charge in [-0.15, -0.1) is 0 Å². The van der Waals surface area contributed by atoms with Crippen molar-refractivity contribution in [3.8, 4) is 11.5 Å². The summed E-state index contributed by atoms with van der Waals surface area (Å²) in [6.45, 7) is 1.93. The Labute approximate surface area is 201 Å². The van der Waals surface area contributed by atoms with Crippen LogP contribution in [0.1, 0.15) is 17.5 Å². The van der Waals surface area contributed by atoms with Crippen LogP contribution >= 0.6 is 0 Å². The van der Waals surface area contributed by atoms with E-state index in [1.54, 1.807) is 30.3 Å². The van der Waals surface area contributed by atoms with Crippen molar-refractivity contribution in [2.75, 3.05) is 31.6 Å². The quantitative estimate of drug-likeness (QED) is 0.418. The van der Waals surface area contributed by atoms with Crippen molar-refractivity contribution in [3.05, 3.63) is 83.9 Å².